The fraction of sp³-hybridized carbons (Fsp3) is 0.0625. The van der Waals surface area contributed by atoms with E-state index in [-0.39, 0.29) is 17.0 Å². The zero-order chi connectivity index (χ0) is 13.9. The largest absolute Gasteiger partial charge is 0.497 e. The van der Waals surface area contributed by atoms with Gasteiger partial charge in [0.2, 0.25) is 0 Å². The lowest BCUT2D eigenvalue weighted by Crippen LogP contribution is -1.83. The summed E-state index contributed by atoms with van der Waals surface area (Å²) in [5, 5.41) is 3.11. The van der Waals surface area contributed by atoms with Gasteiger partial charge in [-0.3, -0.25) is 0 Å². The Kier molecular flexibility index (Phi) is 5.56. The molecule has 0 aliphatic heterocycles. The molecule has 0 aliphatic rings. The number of aromatic nitrogens is 1. The van der Waals surface area contributed by atoms with Gasteiger partial charge in [0, 0.05) is 21.0 Å². The molecule has 0 unspecified atom stereocenters. The van der Waals surface area contributed by atoms with Crippen molar-refractivity contribution in [3.05, 3.63) is 58.4 Å². The van der Waals surface area contributed by atoms with Crippen LogP contribution in [0.15, 0.2) is 58.4 Å². The van der Waals surface area contributed by atoms with Crippen molar-refractivity contribution in [3.63, 3.8) is 0 Å². The van der Waals surface area contributed by atoms with E-state index in [4.69, 9.17) is 9.72 Å². The van der Waals surface area contributed by atoms with Gasteiger partial charge in [0.1, 0.15) is 10.8 Å². The summed E-state index contributed by atoms with van der Waals surface area (Å²) in [6.45, 7) is 0. The fourth-order valence-corrected chi connectivity index (χ4v) is 2.99. The number of thiazole rings is 1. The average Bonchev–Trinajstić information content (AvgIpc) is 2.98. The molecular weight excluding hydrogens is 414 g/mol. The smallest absolute Gasteiger partial charge is 0.124 e. The number of methoxy groups -OCH3 is 1. The zero-order valence-corrected chi connectivity index (χ0v) is 15.4. The van der Waals surface area contributed by atoms with Gasteiger partial charge in [0.25, 0.3) is 0 Å². The van der Waals surface area contributed by atoms with Crippen LogP contribution in [0.4, 0.5) is 0 Å². The minimum Gasteiger partial charge on any atom is -0.497 e. The fourth-order valence-electron chi connectivity index (χ4n) is 1.89. The van der Waals surface area contributed by atoms with Gasteiger partial charge < -0.3 is 4.74 Å². The monoisotopic (exact) mass is 425 g/mol. The third-order valence-electron chi connectivity index (χ3n) is 2.98. The standard InChI is InChI=1S/C16H12BrNOS.BrH/c1-19-14-8-4-12(5-9-14)16-18-15(10-20-16)11-2-6-13(17)7-3-11;/h2-10H,1H3;1H. The summed E-state index contributed by atoms with van der Waals surface area (Å²) in [5.41, 5.74) is 3.25. The van der Waals surface area contributed by atoms with E-state index in [1.54, 1.807) is 18.4 Å². The molecule has 2 aromatic carbocycles. The van der Waals surface area contributed by atoms with Gasteiger partial charge in [-0.1, -0.05) is 28.1 Å². The number of hydrogen-bond donors (Lipinski definition) is 0. The van der Waals surface area contributed by atoms with E-state index < -0.39 is 0 Å². The molecule has 108 valence electrons. The Labute approximate surface area is 146 Å². The number of rotatable bonds is 3. The van der Waals surface area contributed by atoms with Crippen molar-refractivity contribution in [2.75, 3.05) is 7.11 Å². The van der Waals surface area contributed by atoms with Gasteiger partial charge in [-0.2, -0.15) is 0 Å². The number of nitrogens with zero attached hydrogens (tertiary/aromatic N) is 1. The predicted molar refractivity (Wildman–Crippen MR) is 97.6 cm³/mol. The molecule has 0 bridgehead atoms. The molecular formula is C16H13Br2NOS. The van der Waals surface area contributed by atoms with Gasteiger partial charge in [-0.05, 0) is 36.4 Å². The van der Waals surface area contributed by atoms with E-state index >= 15 is 0 Å². The van der Waals surface area contributed by atoms with Crippen LogP contribution in [0.2, 0.25) is 0 Å². The Hall–Kier alpha value is -1.17. The lowest BCUT2D eigenvalue weighted by molar-refractivity contribution is 0.415. The maximum absolute atomic E-state index is 5.17. The van der Waals surface area contributed by atoms with Crippen LogP contribution in [0, 0.1) is 0 Å². The molecule has 1 aromatic heterocycles. The zero-order valence-electron chi connectivity index (χ0n) is 11.2. The van der Waals surface area contributed by atoms with Crippen LogP contribution in [-0.2, 0) is 0 Å². The second-order valence-corrected chi connectivity index (χ2v) is 6.05. The van der Waals surface area contributed by atoms with E-state index in [2.05, 4.69) is 33.4 Å². The van der Waals surface area contributed by atoms with Crippen LogP contribution in [0.5, 0.6) is 5.75 Å². The molecule has 1 heterocycles. The Morgan fingerprint density at radius 1 is 0.952 bits per heavy atom. The molecule has 0 saturated heterocycles. The molecule has 0 saturated carbocycles. The summed E-state index contributed by atoms with van der Waals surface area (Å²) >= 11 is 5.10. The van der Waals surface area contributed by atoms with Crippen molar-refractivity contribution in [1.29, 1.82) is 0 Å². The summed E-state index contributed by atoms with van der Waals surface area (Å²) in [7, 11) is 1.67. The second-order valence-electron chi connectivity index (χ2n) is 4.27. The first-order valence-electron chi connectivity index (χ1n) is 6.12. The molecule has 21 heavy (non-hydrogen) atoms. The van der Waals surface area contributed by atoms with Gasteiger partial charge in [-0.15, -0.1) is 28.3 Å². The molecule has 0 spiro atoms. The van der Waals surface area contributed by atoms with Crippen LogP contribution in [-0.4, -0.2) is 12.1 Å². The van der Waals surface area contributed by atoms with Gasteiger partial charge in [-0.25, -0.2) is 4.98 Å². The van der Waals surface area contributed by atoms with Gasteiger partial charge >= 0.3 is 0 Å². The summed E-state index contributed by atoms with van der Waals surface area (Å²) < 4.78 is 6.25. The van der Waals surface area contributed by atoms with Crippen LogP contribution in [0.3, 0.4) is 0 Å². The highest BCUT2D eigenvalue weighted by atomic mass is 79.9. The van der Waals surface area contributed by atoms with Crippen molar-refractivity contribution >= 4 is 44.2 Å². The van der Waals surface area contributed by atoms with E-state index in [9.17, 15) is 0 Å². The molecule has 0 radical (unpaired) electrons. The average molecular weight is 427 g/mol. The van der Waals surface area contributed by atoms with Gasteiger partial charge in [0.05, 0.1) is 12.8 Å². The van der Waals surface area contributed by atoms with Crippen molar-refractivity contribution in [1.82, 2.24) is 4.98 Å². The normalized spacial score (nSPS) is 10.0. The van der Waals surface area contributed by atoms with Crippen LogP contribution in [0.1, 0.15) is 0 Å². The maximum Gasteiger partial charge on any atom is 0.124 e. The first kappa shape index (κ1) is 16.2. The molecule has 5 heteroatoms. The first-order valence-corrected chi connectivity index (χ1v) is 7.79. The number of halogens is 2. The lowest BCUT2D eigenvalue weighted by Gasteiger charge is -2.00. The summed E-state index contributed by atoms with van der Waals surface area (Å²) in [5.74, 6) is 0.860. The van der Waals surface area contributed by atoms with Crippen LogP contribution in [0.25, 0.3) is 21.8 Å². The molecule has 0 atom stereocenters. The summed E-state index contributed by atoms with van der Waals surface area (Å²) in [6.07, 6.45) is 0. The molecule has 0 N–H and O–H groups in total. The van der Waals surface area contributed by atoms with Crippen molar-refractivity contribution in [2.24, 2.45) is 0 Å². The molecule has 3 aromatic rings. The Bertz CT molecular complexity index is 708. The minimum atomic E-state index is 0. The topological polar surface area (TPSA) is 22.1 Å². The number of hydrogen-bond acceptors (Lipinski definition) is 3. The van der Waals surface area contributed by atoms with Crippen molar-refractivity contribution in [3.8, 4) is 27.6 Å². The van der Waals surface area contributed by atoms with Crippen LogP contribution >= 0.6 is 44.2 Å². The first-order chi connectivity index (χ1) is 9.76. The molecule has 0 amide bonds. The van der Waals surface area contributed by atoms with Crippen LogP contribution < -0.4 is 4.74 Å². The highest BCUT2D eigenvalue weighted by Crippen LogP contribution is 2.30. The van der Waals surface area contributed by atoms with Gasteiger partial charge in [0.15, 0.2) is 0 Å². The summed E-state index contributed by atoms with van der Waals surface area (Å²) in [4.78, 5) is 4.70. The third-order valence-corrected chi connectivity index (χ3v) is 4.40. The second kappa shape index (κ2) is 7.20. The lowest BCUT2D eigenvalue weighted by atomic mass is 10.2. The Balaban J connectivity index is 0.00000161. The molecule has 3 rings (SSSR count). The van der Waals surface area contributed by atoms with E-state index in [0.717, 1.165) is 32.1 Å². The SMILES string of the molecule is Br.COc1ccc(-c2nc(-c3ccc(Br)cc3)cs2)cc1. The third kappa shape index (κ3) is 3.73. The molecule has 0 aliphatic carbocycles. The highest BCUT2D eigenvalue weighted by Gasteiger charge is 2.06. The van der Waals surface area contributed by atoms with Crippen molar-refractivity contribution in [2.45, 2.75) is 0 Å². The molecule has 0 fully saturated rings. The van der Waals surface area contributed by atoms with E-state index in [1.807, 2.05) is 36.4 Å². The quantitative estimate of drug-likeness (QED) is 0.525. The Morgan fingerprint density at radius 3 is 2.19 bits per heavy atom. The molecule has 2 nitrogen and oxygen atoms in total. The maximum atomic E-state index is 5.17. The predicted octanol–water partition coefficient (Wildman–Crippen LogP) is 5.83. The highest BCUT2D eigenvalue weighted by molar-refractivity contribution is 9.10. The number of benzene rings is 2. The van der Waals surface area contributed by atoms with E-state index in [1.165, 1.54) is 0 Å². The minimum absolute atomic E-state index is 0. The summed E-state index contributed by atoms with van der Waals surface area (Å²) in [6, 6.07) is 16.2. The number of ether oxygens (including phenoxy) is 1. The van der Waals surface area contributed by atoms with Crippen molar-refractivity contribution < 1.29 is 4.74 Å². The van der Waals surface area contributed by atoms with E-state index in [0.29, 0.717) is 0 Å². The Morgan fingerprint density at radius 2 is 1.57 bits per heavy atom.